The van der Waals surface area contributed by atoms with Gasteiger partial charge < -0.3 is 5.32 Å². The summed E-state index contributed by atoms with van der Waals surface area (Å²) in [5.41, 5.74) is 5.29. The third-order valence-corrected chi connectivity index (χ3v) is 6.84. The molecule has 5 nitrogen and oxygen atoms in total. The van der Waals surface area contributed by atoms with Gasteiger partial charge in [-0.3, -0.25) is 19.3 Å². The molecular weight excluding hydrogens is 424 g/mol. The van der Waals surface area contributed by atoms with Gasteiger partial charge in [0.2, 0.25) is 5.91 Å². The van der Waals surface area contributed by atoms with E-state index >= 15 is 0 Å². The Morgan fingerprint density at radius 2 is 1.41 bits per heavy atom. The van der Waals surface area contributed by atoms with Crippen LogP contribution in [0.2, 0.25) is 0 Å². The van der Waals surface area contributed by atoms with Crippen molar-refractivity contribution in [1.82, 2.24) is 10.2 Å². The zero-order valence-corrected chi connectivity index (χ0v) is 18.5. The van der Waals surface area contributed by atoms with Gasteiger partial charge in [0, 0.05) is 0 Å². The molecule has 166 valence electrons. The minimum Gasteiger partial charge on any atom is -0.344 e. The Morgan fingerprint density at radius 1 is 0.765 bits per heavy atom. The highest BCUT2D eigenvalue weighted by Crippen LogP contribution is 2.36. The quantitative estimate of drug-likeness (QED) is 0.461. The van der Waals surface area contributed by atoms with E-state index in [4.69, 9.17) is 0 Å². The third kappa shape index (κ3) is 3.20. The minimum atomic E-state index is -0.433. The molecule has 2 aliphatic rings. The number of amides is 3. The molecule has 0 saturated carbocycles. The largest absolute Gasteiger partial charge is 0.344 e. The van der Waals surface area contributed by atoms with E-state index in [1.54, 1.807) is 24.3 Å². The first kappa shape index (κ1) is 20.4. The number of carbonyl (C=O) groups is 3. The lowest BCUT2D eigenvalue weighted by Crippen LogP contribution is -2.41. The Bertz CT molecular complexity index is 1430. The summed E-state index contributed by atoms with van der Waals surface area (Å²) in [4.78, 5) is 39.7. The maximum Gasteiger partial charge on any atom is 0.262 e. The van der Waals surface area contributed by atoms with Crippen LogP contribution in [0.15, 0.2) is 84.9 Å². The topological polar surface area (TPSA) is 66.5 Å². The Labute approximate surface area is 197 Å². The molecule has 0 bridgehead atoms. The molecule has 0 spiro atoms. The summed E-state index contributed by atoms with van der Waals surface area (Å²) >= 11 is 0. The van der Waals surface area contributed by atoms with Crippen molar-refractivity contribution in [2.45, 2.75) is 18.9 Å². The molecule has 1 unspecified atom stereocenters. The van der Waals surface area contributed by atoms with Crippen molar-refractivity contribution in [3.8, 4) is 0 Å². The zero-order chi connectivity index (χ0) is 23.2. The van der Waals surface area contributed by atoms with E-state index in [0.717, 1.165) is 34.3 Å². The van der Waals surface area contributed by atoms with Crippen molar-refractivity contribution in [3.63, 3.8) is 0 Å². The molecule has 1 heterocycles. The Hall–Kier alpha value is -4.25. The van der Waals surface area contributed by atoms with Gasteiger partial charge in [0.05, 0.1) is 17.2 Å². The molecule has 6 rings (SSSR count). The molecule has 0 aromatic heterocycles. The molecule has 0 radical (unpaired) electrons. The number of hydrogen-bond acceptors (Lipinski definition) is 3. The lowest BCUT2D eigenvalue weighted by Gasteiger charge is -2.23. The van der Waals surface area contributed by atoms with Crippen molar-refractivity contribution in [2.24, 2.45) is 0 Å². The monoisotopic (exact) mass is 446 g/mol. The molecule has 0 fully saturated rings. The number of rotatable bonds is 5. The van der Waals surface area contributed by atoms with Gasteiger partial charge in [-0.05, 0) is 58.0 Å². The fourth-order valence-electron chi connectivity index (χ4n) is 5.24. The number of nitrogens with zero attached hydrogens (tertiary/aromatic N) is 1. The fraction of sp³-hybridized carbons (Fsp3) is 0.138. The van der Waals surface area contributed by atoms with Crippen LogP contribution in [0.3, 0.4) is 0 Å². The second kappa shape index (κ2) is 7.96. The first-order valence-electron chi connectivity index (χ1n) is 11.4. The van der Waals surface area contributed by atoms with Crippen molar-refractivity contribution in [2.75, 3.05) is 6.54 Å². The van der Waals surface area contributed by atoms with Crippen molar-refractivity contribution < 1.29 is 14.4 Å². The Kier molecular flexibility index (Phi) is 4.77. The standard InChI is InChI=1S/C29H22N2O3/c32-25(17-31-28(33)23-10-4-5-11-24(23)29(31)34)30-27(20-7-2-1-3-8-20)22-16-15-19-14-13-18-9-6-12-21(22)26(18)19/h1-12,15-16,27H,13-14,17H2,(H,30,32). The smallest absolute Gasteiger partial charge is 0.262 e. The van der Waals surface area contributed by atoms with Crippen LogP contribution in [0.25, 0.3) is 10.8 Å². The van der Waals surface area contributed by atoms with Crippen LogP contribution >= 0.6 is 0 Å². The van der Waals surface area contributed by atoms with E-state index in [1.807, 2.05) is 30.3 Å². The number of nitrogens with one attached hydrogen (secondary N) is 1. The van der Waals surface area contributed by atoms with Crippen LogP contribution in [0.4, 0.5) is 0 Å². The maximum absolute atomic E-state index is 13.2. The summed E-state index contributed by atoms with van der Waals surface area (Å²) in [6, 6.07) is 26.6. The number of imide groups is 1. The molecule has 4 aromatic carbocycles. The van der Waals surface area contributed by atoms with Crippen molar-refractivity contribution in [1.29, 1.82) is 0 Å². The van der Waals surface area contributed by atoms with Crippen LogP contribution < -0.4 is 5.32 Å². The van der Waals surface area contributed by atoms with E-state index < -0.39 is 17.9 Å². The molecule has 5 heteroatoms. The number of hydrogen-bond donors (Lipinski definition) is 1. The highest BCUT2D eigenvalue weighted by molar-refractivity contribution is 6.22. The van der Waals surface area contributed by atoms with E-state index in [1.165, 1.54) is 16.5 Å². The van der Waals surface area contributed by atoms with Gasteiger partial charge in [0.1, 0.15) is 6.54 Å². The molecular formula is C29H22N2O3. The summed E-state index contributed by atoms with van der Waals surface area (Å²) in [5.74, 6) is -1.25. The van der Waals surface area contributed by atoms with Gasteiger partial charge >= 0.3 is 0 Å². The lowest BCUT2D eigenvalue weighted by atomic mass is 9.91. The molecule has 0 saturated heterocycles. The Balaban J connectivity index is 1.35. The summed E-state index contributed by atoms with van der Waals surface area (Å²) in [5, 5.41) is 5.51. The third-order valence-electron chi connectivity index (χ3n) is 6.84. The normalized spacial score (nSPS) is 15.0. The number of carbonyl (C=O) groups excluding carboxylic acids is 3. The molecule has 1 aliphatic carbocycles. The van der Waals surface area contributed by atoms with Gasteiger partial charge in [0.25, 0.3) is 11.8 Å². The number of aryl methyl sites for hydroxylation is 2. The molecule has 1 N–H and O–H groups in total. The summed E-state index contributed by atoms with van der Waals surface area (Å²) in [6.07, 6.45) is 2.05. The molecule has 3 amide bonds. The average Bonchev–Trinajstić information content (AvgIpc) is 3.40. The first-order valence-corrected chi connectivity index (χ1v) is 11.4. The number of fused-ring (bicyclic) bond motifs is 1. The van der Waals surface area contributed by atoms with Crippen LogP contribution in [-0.2, 0) is 17.6 Å². The fourth-order valence-corrected chi connectivity index (χ4v) is 5.24. The lowest BCUT2D eigenvalue weighted by molar-refractivity contribution is -0.121. The summed E-state index contributed by atoms with van der Waals surface area (Å²) in [7, 11) is 0. The highest BCUT2D eigenvalue weighted by atomic mass is 16.2. The predicted molar refractivity (Wildman–Crippen MR) is 130 cm³/mol. The van der Waals surface area contributed by atoms with E-state index in [2.05, 4.69) is 35.6 Å². The second-order valence-electron chi connectivity index (χ2n) is 8.81. The van der Waals surface area contributed by atoms with E-state index in [9.17, 15) is 14.4 Å². The molecule has 4 aromatic rings. The van der Waals surface area contributed by atoms with Crippen LogP contribution in [-0.4, -0.2) is 29.2 Å². The van der Waals surface area contributed by atoms with Crippen LogP contribution in [0.5, 0.6) is 0 Å². The van der Waals surface area contributed by atoms with Crippen LogP contribution in [0, 0.1) is 0 Å². The average molecular weight is 447 g/mol. The minimum absolute atomic E-state index is 0.322. The molecule has 1 aliphatic heterocycles. The predicted octanol–water partition coefficient (Wildman–Crippen LogP) is 4.44. The first-order chi connectivity index (χ1) is 16.6. The van der Waals surface area contributed by atoms with Crippen molar-refractivity contribution in [3.05, 3.63) is 118 Å². The summed E-state index contributed by atoms with van der Waals surface area (Å²) in [6.45, 7) is -0.322. The van der Waals surface area contributed by atoms with Gasteiger partial charge in [0.15, 0.2) is 0 Å². The number of benzene rings is 4. The summed E-state index contributed by atoms with van der Waals surface area (Å²) < 4.78 is 0. The van der Waals surface area contributed by atoms with Gasteiger partial charge in [-0.15, -0.1) is 0 Å². The van der Waals surface area contributed by atoms with E-state index in [0.29, 0.717) is 11.1 Å². The second-order valence-corrected chi connectivity index (χ2v) is 8.81. The zero-order valence-electron chi connectivity index (χ0n) is 18.5. The SMILES string of the molecule is O=C(CN1C(=O)c2ccccc2C1=O)NC(c1ccccc1)c1ccc2c3c(cccc13)CC2. The van der Waals surface area contributed by atoms with Gasteiger partial charge in [-0.2, -0.15) is 0 Å². The molecule has 1 atom stereocenters. The Morgan fingerprint density at radius 3 is 2.12 bits per heavy atom. The maximum atomic E-state index is 13.2. The van der Waals surface area contributed by atoms with Gasteiger partial charge in [-0.25, -0.2) is 0 Å². The molecule has 34 heavy (non-hydrogen) atoms. The van der Waals surface area contributed by atoms with E-state index in [-0.39, 0.29) is 12.5 Å². The highest BCUT2D eigenvalue weighted by Gasteiger charge is 2.36. The van der Waals surface area contributed by atoms with Gasteiger partial charge in [-0.1, -0.05) is 72.8 Å². The van der Waals surface area contributed by atoms with Crippen molar-refractivity contribution >= 4 is 28.5 Å². The van der Waals surface area contributed by atoms with Crippen LogP contribution in [0.1, 0.15) is 49.0 Å².